The van der Waals surface area contributed by atoms with Gasteiger partial charge >= 0.3 is 5.97 Å². The van der Waals surface area contributed by atoms with Crippen LogP contribution in [0.15, 0.2) is 0 Å². The fraction of sp³-hybridized carbons (Fsp3) is 0.846. The van der Waals surface area contributed by atoms with Gasteiger partial charge in [0, 0.05) is 45.9 Å². The van der Waals surface area contributed by atoms with Crippen LogP contribution in [0.5, 0.6) is 0 Å². The Hall–Kier alpha value is -2.12. The molecule has 1 unspecified atom stereocenters. The van der Waals surface area contributed by atoms with E-state index >= 15 is 0 Å². The van der Waals surface area contributed by atoms with E-state index in [2.05, 4.69) is 10.6 Å². The summed E-state index contributed by atoms with van der Waals surface area (Å²) >= 11 is 0. The molecule has 196 valence electrons. The third-order valence-corrected chi connectivity index (χ3v) is 6.48. The largest absolute Gasteiger partial charge is 0.481 e. The molecule has 0 aromatic carbocycles. The number of hydrogen-bond donors (Lipinski definition) is 3. The number of carboxylic acids is 1. The number of nitrogens with one attached hydrogen (secondary N) is 2. The summed E-state index contributed by atoms with van der Waals surface area (Å²) in [7, 11) is 1.74. The molecule has 1 saturated heterocycles. The molecule has 8 nitrogen and oxygen atoms in total. The number of nitrogens with zero attached hydrogens (tertiary/aromatic N) is 1. The average Bonchev–Trinajstić information content (AvgIpc) is 3.14. The summed E-state index contributed by atoms with van der Waals surface area (Å²) in [6.07, 6.45) is 16.0. The molecule has 0 aliphatic carbocycles. The second-order valence-corrected chi connectivity index (χ2v) is 9.66. The summed E-state index contributed by atoms with van der Waals surface area (Å²) in [5.74, 6) is -0.702. The molecule has 0 saturated carbocycles. The van der Waals surface area contributed by atoms with Gasteiger partial charge in [-0.05, 0) is 25.7 Å². The summed E-state index contributed by atoms with van der Waals surface area (Å²) in [5, 5.41) is 14.5. The quantitative estimate of drug-likeness (QED) is 0.214. The van der Waals surface area contributed by atoms with Crippen molar-refractivity contribution in [2.24, 2.45) is 5.92 Å². The van der Waals surface area contributed by atoms with Gasteiger partial charge in [-0.3, -0.25) is 19.2 Å². The maximum atomic E-state index is 12.0. The van der Waals surface area contributed by atoms with E-state index in [1.807, 2.05) is 0 Å². The van der Waals surface area contributed by atoms with Gasteiger partial charge in [-0.25, -0.2) is 0 Å². The summed E-state index contributed by atoms with van der Waals surface area (Å²) < 4.78 is 0. The van der Waals surface area contributed by atoms with Crippen LogP contribution in [-0.2, 0) is 19.2 Å². The van der Waals surface area contributed by atoms with Gasteiger partial charge in [0.15, 0.2) is 0 Å². The first-order valence-electron chi connectivity index (χ1n) is 13.4. The summed E-state index contributed by atoms with van der Waals surface area (Å²) in [6, 6.07) is 0. The van der Waals surface area contributed by atoms with Crippen LogP contribution in [0, 0.1) is 5.92 Å². The van der Waals surface area contributed by atoms with Gasteiger partial charge in [-0.15, -0.1) is 0 Å². The predicted molar refractivity (Wildman–Crippen MR) is 133 cm³/mol. The predicted octanol–water partition coefficient (Wildman–Crippen LogP) is 4.02. The van der Waals surface area contributed by atoms with Gasteiger partial charge in [0.05, 0.1) is 5.92 Å². The highest BCUT2D eigenvalue weighted by Crippen LogP contribution is 2.16. The van der Waals surface area contributed by atoms with Crippen molar-refractivity contribution in [3.63, 3.8) is 0 Å². The van der Waals surface area contributed by atoms with E-state index in [0.29, 0.717) is 25.9 Å². The second kappa shape index (κ2) is 19.2. The maximum absolute atomic E-state index is 12.0. The first-order valence-corrected chi connectivity index (χ1v) is 13.4. The van der Waals surface area contributed by atoms with Crippen molar-refractivity contribution in [2.75, 3.05) is 26.7 Å². The van der Waals surface area contributed by atoms with Crippen molar-refractivity contribution in [3.8, 4) is 0 Å². The lowest BCUT2D eigenvalue weighted by Crippen LogP contribution is -2.32. The molecular weight excluding hydrogens is 434 g/mol. The first-order chi connectivity index (χ1) is 16.4. The Morgan fingerprint density at radius 1 is 0.765 bits per heavy atom. The minimum absolute atomic E-state index is 0.00903. The number of carbonyl (C=O) groups is 4. The molecule has 3 N–H and O–H groups in total. The molecular formula is C26H47N3O5. The van der Waals surface area contributed by atoms with Crippen LogP contribution in [0.3, 0.4) is 0 Å². The highest BCUT2D eigenvalue weighted by Gasteiger charge is 2.31. The molecule has 0 bridgehead atoms. The van der Waals surface area contributed by atoms with E-state index < -0.39 is 5.97 Å². The highest BCUT2D eigenvalue weighted by atomic mass is 16.4. The van der Waals surface area contributed by atoms with Gasteiger partial charge < -0.3 is 20.6 Å². The number of likely N-dealkylation sites (tertiary alicyclic amines) is 1. The van der Waals surface area contributed by atoms with Crippen LogP contribution < -0.4 is 10.6 Å². The zero-order chi connectivity index (χ0) is 25.0. The van der Waals surface area contributed by atoms with E-state index in [9.17, 15) is 19.2 Å². The van der Waals surface area contributed by atoms with Crippen LogP contribution >= 0.6 is 0 Å². The monoisotopic (exact) mass is 481 g/mol. The van der Waals surface area contributed by atoms with Gasteiger partial charge in [0.1, 0.15) is 0 Å². The molecule has 1 rings (SSSR count). The minimum atomic E-state index is -0.722. The molecule has 1 aliphatic heterocycles. The Morgan fingerprint density at radius 3 is 1.74 bits per heavy atom. The number of amides is 3. The van der Waals surface area contributed by atoms with Crippen molar-refractivity contribution in [3.05, 3.63) is 0 Å². The number of carboxylic acid groups (broad SMARTS) is 1. The zero-order valence-corrected chi connectivity index (χ0v) is 21.2. The molecule has 0 radical (unpaired) electrons. The van der Waals surface area contributed by atoms with Crippen molar-refractivity contribution in [1.82, 2.24) is 15.5 Å². The maximum Gasteiger partial charge on any atom is 0.303 e. The molecule has 1 aliphatic rings. The number of carbonyl (C=O) groups excluding carboxylic acids is 3. The second-order valence-electron chi connectivity index (χ2n) is 9.66. The Kier molecular flexibility index (Phi) is 16.9. The normalized spacial score (nSPS) is 15.5. The van der Waals surface area contributed by atoms with Gasteiger partial charge in [-0.1, -0.05) is 64.2 Å². The number of rotatable bonds is 21. The van der Waals surface area contributed by atoms with Crippen molar-refractivity contribution >= 4 is 23.7 Å². The van der Waals surface area contributed by atoms with Crippen LogP contribution in [0.1, 0.15) is 109 Å². The molecule has 1 heterocycles. The van der Waals surface area contributed by atoms with Crippen LogP contribution in [0.4, 0.5) is 0 Å². The summed E-state index contributed by atoms with van der Waals surface area (Å²) in [5.41, 5.74) is 0. The zero-order valence-electron chi connectivity index (χ0n) is 21.2. The molecule has 34 heavy (non-hydrogen) atoms. The Labute approximate surface area is 205 Å². The third kappa shape index (κ3) is 15.7. The van der Waals surface area contributed by atoms with Crippen LogP contribution in [0.25, 0.3) is 0 Å². The van der Waals surface area contributed by atoms with Crippen LogP contribution in [-0.4, -0.2) is 60.4 Å². The van der Waals surface area contributed by atoms with Gasteiger partial charge in [0.25, 0.3) is 0 Å². The Balaban J connectivity index is 1.78. The molecule has 0 aromatic rings. The molecule has 1 atom stereocenters. The molecule has 0 aromatic heterocycles. The van der Waals surface area contributed by atoms with Gasteiger partial charge in [0.2, 0.25) is 17.7 Å². The molecule has 3 amide bonds. The lowest BCUT2D eigenvalue weighted by Gasteiger charge is -2.11. The standard InChI is InChI=1S/C26H47N3O5/c1-29-21-22(20-24(29)31)26(34)28-19-15-11-7-3-2-6-10-14-18-27-23(30)16-12-8-4-5-9-13-17-25(32)33/h22H,2-21H2,1H3,(H,27,30)(H,28,34)(H,32,33). The lowest BCUT2D eigenvalue weighted by molar-refractivity contribution is -0.137. The molecule has 0 spiro atoms. The van der Waals surface area contributed by atoms with Crippen molar-refractivity contribution in [1.29, 1.82) is 0 Å². The summed E-state index contributed by atoms with van der Waals surface area (Å²) in [6.45, 7) is 1.99. The SMILES string of the molecule is CN1CC(C(=O)NCCCCCCCCCCNC(=O)CCCCCCCCC(=O)O)CC1=O. The lowest BCUT2D eigenvalue weighted by atomic mass is 10.1. The minimum Gasteiger partial charge on any atom is -0.481 e. The molecule has 8 heteroatoms. The topological polar surface area (TPSA) is 116 Å². The van der Waals surface area contributed by atoms with Crippen LogP contribution in [0.2, 0.25) is 0 Å². The Morgan fingerprint density at radius 2 is 1.24 bits per heavy atom. The fourth-order valence-electron chi connectivity index (χ4n) is 4.29. The van der Waals surface area contributed by atoms with E-state index in [0.717, 1.165) is 70.8 Å². The van der Waals surface area contributed by atoms with E-state index in [4.69, 9.17) is 5.11 Å². The smallest absolute Gasteiger partial charge is 0.303 e. The van der Waals surface area contributed by atoms with Crippen molar-refractivity contribution in [2.45, 2.75) is 109 Å². The molecule has 1 fully saturated rings. The van der Waals surface area contributed by atoms with Crippen molar-refractivity contribution < 1.29 is 24.3 Å². The summed E-state index contributed by atoms with van der Waals surface area (Å²) in [4.78, 5) is 47.4. The third-order valence-electron chi connectivity index (χ3n) is 6.48. The van der Waals surface area contributed by atoms with E-state index in [1.54, 1.807) is 11.9 Å². The average molecular weight is 482 g/mol. The van der Waals surface area contributed by atoms with Gasteiger partial charge in [-0.2, -0.15) is 0 Å². The number of unbranched alkanes of at least 4 members (excludes halogenated alkanes) is 12. The first kappa shape index (κ1) is 29.9. The highest BCUT2D eigenvalue weighted by molar-refractivity contribution is 5.89. The van der Waals surface area contributed by atoms with E-state index in [1.165, 1.54) is 25.7 Å². The number of hydrogen-bond acceptors (Lipinski definition) is 4. The fourth-order valence-corrected chi connectivity index (χ4v) is 4.29. The Bertz CT molecular complexity index is 611. The van der Waals surface area contributed by atoms with E-state index in [-0.39, 0.29) is 30.1 Å². The number of aliphatic carboxylic acids is 1.